The van der Waals surface area contributed by atoms with Crippen LogP contribution in [-0.2, 0) is 17.8 Å². The molecule has 1 unspecified atom stereocenters. The first-order valence-corrected chi connectivity index (χ1v) is 8.54. The highest BCUT2D eigenvalue weighted by Gasteiger charge is 2.24. The van der Waals surface area contributed by atoms with E-state index in [1.165, 1.54) is 21.6 Å². The third kappa shape index (κ3) is 2.65. The van der Waals surface area contributed by atoms with Gasteiger partial charge in [0.05, 0.1) is 6.04 Å². The molecule has 0 saturated heterocycles. The van der Waals surface area contributed by atoms with Gasteiger partial charge in [0.25, 0.3) is 0 Å². The zero-order chi connectivity index (χ0) is 16.5. The molecule has 1 N–H and O–H groups in total. The highest BCUT2D eigenvalue weighted by Crippen LogP contribution is 2.30. The van der Waals surface area contributed by atoms with Crippen LogP contribution in [0.15, 0.2) is 46.6 Å². The van der Waals surface area contributed by atoms with Crippen molar-refractivity contribution in [3.8, 4) is 5.00 Å². The van der Waals surface area contributed by atoms with E-state index in [2.05, 4.69) is 21.8 Å². The number of carbonyl (C=O) groups excluding carboxylic acids is 1. The van der Waals surface area contributed by atoms with Crippen LogP contribution < -0.4 is 11.0 Å². The van der Waals surface area contributed by atoms with Crippen LogP contribution in [0.4, 0.5) is 0 Å². The lowest BCUT2D eigenvalue weighted by Crippen LogP contribution is -2.34. The molecule has 0 radical (unpaired) electrons. The van der Waals surface area contributed by atoms with Gasteiger partial charge in [-0.25, -0.2) is 4.79 Å². The molecule has 122 valence electrons. The summed E-state index contributed by atoms with van der Waals surface area (Å²) in [7, 11) is 0. The summed E-state index contributed by atoms with van der Waals surface area (Å²) in [6, 6.07) is 11.7. The fourth-order valence-electron chi connectivity index (χ4n) is 2.99. The highest BCUT2D eigenvalue weighted by atomic mass is 32.1. The van der Waals surface area contributed by atoms with Crippen LogP contribution in [0.5, 0.6) is 0 Å². The Morgan fingerprint density at radius 2 is 2.12 bits per heavy atom. The Bertz CT molecular complexity index is 928. The van der Waals surface area contributed by atoms with Gasteiger partial charge in [-0.2, -0.15) is 9.36 Å². The molecule has 1 amide bonds. The molecule has 0 bridgehead atoms. The molecular formula is C16H15N5O2S. The molecule has 7 nitrogen and oxygen atoms in total. The normalized spacial score (nSPS) is 16.1. The fourth-order valence-corrected chi connectivity index (χ4v) is 3.65. The van der Waals surface area contributed by atoms with Crippen LogP contribution in [0.1, 0.15) is 23.6 Å². The van der Waals surface area contributed by atoms with Crippen LogP contribution in [0, 0.1) is 0 Å². The molecule has 1 atom stereocenters. The zero-order valence-corrected chi connectivity index (χ0v) is 13.6. The Balaban J connectivity index is 1.47. The van der Waals surface area contributed by atoms with E-state index in [0.29, 0.717) is 5.00 Å². The van der Waals surface area contributed by atoms with Gasteiger partial charge in [0.15, 0.2) is 0 Å². The van der Waals surface area contributed by atoms with Gasteiger partial charge in [-0.15, -0.1) is 11.3 Å². The van der Waals surface area contributed by atoms with Crippen molar-refractivity contribution >= 4 is 17.2 Å². The minimum atomic E-state index is -0.417. The largest absolute Gasteiger partial charge is 0.369 e. The summed E-state index contributed by atoms with van der Waals surface area (Å²) in [6.45, 7) is -0.136. The Morgan fingerprint density at radius 3 is 2.96 bits per heavy atom. The molecule has 0 fully saturated rings. The molecule has 8 heteroatoms. The van der Waals surface area contributed by atoms with E-state index in [-0.39, 0.29) is 18.5 Å². The first kappa shape index (κ1) is 14.8. The first-order chi connectivity index (χ1) is 11.7. The second-order valence-corrected chi connectivity index (χ2v) is 6.57. The van der Waals surface area contributed by atoms with Gasteiger partial charge in [0.2, 0.25) is 5.91 Å². The maximum Gasteiger partial charge on any atom is 0.369 e. The van der Waals surface area contributed by atoms with Crippen molar-refractivity contribution in [1.29, 1.82) is 0 Å². The number of hydrogen-bond donors (Lipinski definition) is 1. The standard InChI is InChI=1S/C16H15N5O2S/c22-14(17-13-8-7-11-4-1-2-5-12(11)13)10-20-16(23)21(19-18-20)15-6-3-9-24-15/h1-6,9,13H,7-8,10H2,(H,17,22). The predicted octanol–water partition coefficient (Wildman–Crippen LogP) is 1.29. The molecule has 0 aliphatic heterocycles. The molecule has 4 rings (SSSR count). The number of fused-ring (bicyclic) bond motifs is 1. The number of aromatic nitrogens is 4. The molecule has 2 aromatic heterocycles. The van der Waals surface area contributed by atoms with E-state index >= 15 is 0 Å². The maximum absolute atomic E-state index is 12.3. The van der Waals surface area contributed by atoms with Gasteiger partial charge < -0.3 is 5.32 Å². The van der Waals surface area contributed by atoms with Crippen LogP contribution in [0.25, 0.3) is 5.00 Å². The number of nitrogens with zero attached hydrogens (tertiary/aromatic N) is 4. The summed E-state index contributed by atoms with van der Waals surface area (Å²) >= 11 is 1.39. The lowest BCUT2D eigenvalue weighted by atomic mass is 10.1. The second-order valence-electron chi connectivity index (χ2n) is 5.64. The van der Waals surface area contributed by atoms with Gasteiger partial charge in [0, 0.05) is 0 Å². The zero-order valence-electron chi connectivity index (χ0n) is 12.8. The Kier molecular flexibility index (Phi) is 3.73. The minimum absolute atomic E-state index is 0.00302. The predicted molar refractivity (Wildman–Crippen MR) is 89.1 cm³/mol. The summed E-state index contributed by atoms with van der Waals surface area (Å²) in [4.78, 5) is 24.5. The van der Waals surface area contributed by atoms with Crippen molar-refractivity contribution in [3.63, 3.8) is 0 Å². The smallest absolute Gasteiger partial charge is 0.348 e. The van der Waals surface area contributed by atoms with E-state index in [1.54, 1.807) is 6.07 Å². The van der Waals surface area contributed by atoms with Crippen molar-refractivity contribution in [3.05, 3.63) is 63.4 Å². The second kappa shape index (κ2) is 6.04. The molecule has 1 aromatic carbocycles. The SMILES string of the molecule is O=C(Cn1nnn(-c2cccs2)c1=O)NC1CCc2ccccc21. The van der Waals surface area contributed by atoms with Crippen molar-refractivity contribution in [2.45, 2.75) is 25.4 Å². The van der Waals surface area contributed by atoms with Gasteiger partial charge in [0.1, 0.15) is 11.5 Å². The number of aryl methyl sites for hydroxylation is 1. The molecule has 1 aliphatic rings. The van der Waals surface area contributed by atoms with Crippen molar-refractivity contribution in [2.75, 3.05) is 0 Å². The van der Waals surface area contributed by atoms with E-state index in [9.17, 15) is 9.59 Å². The molecule has 0 saturated carbocycles. The number of carbonyl (C=O) groups is 1. The molecular weight excluding hydrogens is 326 g/mol. The van der Waals surface area contributed by atoms with Crippen molar-refractivity contribution < 1.29 is 4.79 Å². The number of hydrogen-bond acceptors (Lipinski definition) is 5. The molecule has 1 aliphatic carbocycles. The topological polar surface area (TPSA) is 81.8 Å². The summed E-state index contributed by atoms with van der Waals surface area (Å²) in [5.41, 5.74) is 2.00. The average molecular weight is 341 g/mol. The third-order valence-corrected chi connectivity index (χ3v) is 4.96. The van der Waals surface area contributed by atoms with Crippen molar-refractivity contribution in [1.82, 2.24) is 25.1 Å². The van der Waals surface area contributed by atoms with E-state index in [0.717, 1.165) is 23.1 Å². The number of rotatable bonds is 4. The number of amides is 1. The quantitative estimate of drug-likeness (QED) is 0.775. The van der Waals surface area contributed by atoms with Gasteiger partial charge in [-0.3, -0.25) is 4.79 Å². The lowest BCUT2D eigenvalue weighted by Gasteiger charge is -2.13. The fraction of sp³-hybridized carbons (Fsp3) is 0.250. The highest BCUT2D eigenvalue weighted by molar-refractivity contribution is 7.12. The molecule has 2 heterocycles. The maximum atomic E-state index is 12.3. The Hall–Kier alpha value is -2.74. The van der Waals surface area contributed by atoms with Crippen LogP contribution in [0.3, 0.4) is 0 Å². The number of tetrazole rings is 1. The average Bonchev–Trinajstić information content (AvgIpc) is 3.30. The molecule has 24 heavy (non-hydrogen) atoms. The third-order valence-electron chi connectivity index (χ3n) is 4.12. The van der Waals surface area contributed by atoms with Crippen molar-refractivity contribution in [2.24, 2.45) is 0 Å². The lowest BCUT2D eigenvalue weighted by molar-refractivity contribution is -0.122. The Labute approximate surface area is 141 Å². The van der Waals surface area contributed by atoms with E-state index in [1.807, 2.05) is 29.6 Å². The number of thiophene rings is 1. The van der Waals surface area contributed by atoms with E-state index in [4.69, 9.17) is 0 Å². The number of benzene rings is 1. The summed E-state index contributed by atoms with van der Waals surface area (Å²) < 4.78 is 2.28. The van der Waals surface area contributed by atoms with Crippen LogP contribution in [-0.4, -0.2) is 25.7 Å². The molecule has 3 aromatic rings. The summed E-state index contributed by atoms with van der Waals surface area (Å²) in [5.74, 6) is -0.239. The van der Waals surface area contributed by atoms with Gasteiger partial charge in [-0.1, -0.05) is 24.3 Å². The van der Waals surface area contributed by atoms with Crippen LogP contribution in [0.2, 0.25) is 0 Å². The number of nitrogens with one attached hydrogen (secondary N) is 1. The Morgan fingerprint density at radius 1 is 1.25 bits per heavy atom. The summed E-state index contributed by atoms with van der Waals surface area (Å²) in [6.07, 6.45) is 1.83. The van der Waals surface area contributed by atoms with Gasteiger partial charge >= 0.3 is 5.69 Å². The van der Waals surface area contributed by atoms with Crippen LogP contribution >= 0.6 is 11.3 Å². The monoisotopic (exact) mass is 341 g/mol. The molecule has 0 spiro atoms. The first-order valence-electron chi connectivity index (χ1n) is 7.66. The van der Waals surface area contributed by atoms with Gasteiger partial charge in [-0.05, 0) is 51.9 Å². The summed E-state index contributed by atoms with van der Waals surface area (Å²) in [5, 5.41) is 13.1. The van der Waals surface area contributed by atoms with E-state index < -0.39 is 5.69 Å². The minimum Gasteiger partial charge on any atom is -0.348 e.